The van der Waals surface area contributed by atoms with Gasteiger partial charge in [-0.1, -0.05) is 84.6 Å². The minimum Gasteiger partial charge on any atom is -0.736 e. The fraction of sp³-hybridized carbons (Fsp3) is 0.600. The van der Waals surface area contributed by atoms with Gasteiger partial charge < -0.3 is 13.9 Å². The van der Waals surface area contributed by atoms with Crippen LogP contribution < -0.4 is 65.3 Å². The van der Waals surface area contributed by atoms with E-state index in [0.29, 0.717) is 11.5 Å². The van der Waals surface area contributed by atoms with E-state index in [-0.39, 0.29) is 57.3 Å². The topological polar surface area (TPSA) is 58.6 Å². The molecule has 1 aliphatic rings. The smallest absolute Gasteiger partial charge is 0.736 e. The number of phosphoric acid groups is 1. The third-order valence-electron chi connectivity index (χ3n) is 7.09. The molecule has 0 N–H and O–H groups in total. The maximum absolute atomic E-state index is 13.2. The Morgan fingerprint density at radius 2 is 1.06 bits per heavy atom. The summed E-state index contributed by atoms with van der Waals surface area (Å²) >= 11 is 0. The quantitative estimate of drug-likeness (QED) is 0.266. The SMILES string of the molecule is CCCCc1cc(CCCC)c2c(c1)C(C)c1cc(CCCC)cc(CCCC)c1OP(=O)([O-])O2.[K+]. The molecular formula is C30H44KO4P. The van der Waals surface area contributed by atoms with Gasteiger partial charge in [0.2, 0.25) is 0 Å². The first-order valence-corrected chi connectivity index (χ1v) is 15.3. The van der Waals surface area contributed by atoms with Crippen molar-refractivity contribution in [2.75, 3.05) is 0 Å². The van der Waals surface area contributed by atoms with Gasteiger partial charge in [-0.2, -0.15) is 0 Å². The molecule has 6 heteroatoms. The standard InChI is InChI=1S/C30H45O4P.K/c1-6-10-14-23-18-25(16-12-8-3)29-27(20-23)22(5)28-21-24(15-11-7-2)19-26(17-13-9-4)30(28)34-35(31,32)33-29;/h18-22H,6-17H2,1-5H3,(H,31,32);/q;+1/p-1. The summed E-state index contributed by atoms with van der Waals surface area (Å²) in [6.07, 6.45) is 12.1. The summed E-state index contributed by atoms with van der Waals surface area (Å²) in [5.74, 6) is 0.956. The van der Waals surface area contributed by atoms with Gasteiger partial charge >= 0.3 is 59.2 Å². The number of hydrogen-bond acceptors (Lipinski definition) is 4. The van der Waals surface area contributed by atoms with Gasteiger partial charge in [0.1, 0.15) is 11.5 Å². The molecule has 1 aliphatic heterocycles. The van der Waals surface area contributed by atoms with Crippen molar-refractivity contribution in [2.45, 2.75) is 118 Å². The van der Waals surface area contributed by atoms with Crippen LogP contribution in [0.5, 0.6) is 11.5 Å². The van der Waals surface area contributed by atoms with Crippen LogP contribution in [0.25, 0.3) is 0 Å². The Hall–Kier alpha value is -0.134. The number of hydrogen-bond donors (Lipinski definition) is 0. The minimum absolute atomic E-state index is 0. The molecule has 3 rings (SSSR count). The Kier molecular flexibility index (Phi) is 13.8. The van der Waals surface area contributed by atoms with Gasteiger partial charge in [-0.25, -0.2) is 4.57 Å². The molecule has 0 amide bonds. The molecule has 0 fully saturated rings. The summed E-state index contributed by atoms with van der Waals surface area (Å²) in [5.41, 5.74) is 6.45. The van der Waals surface area contributed by atoms with E-state index in [1.807, 2.05) is 0 Å². The van der Waals surface area contributed by atoms with Crippen LogP contribution in [0.3, 0.4) is 0 Å². The maximum Gasteiger partial charge on any atom is 1.00 e. The Morgan fingerprint density at radius 1 is 0.694 bits per heavy atom. The van der Waals surface area contributed by atoms with Gasteiger partial charge in [-0.15, -0.1) is 0 Å². The Balaban J connectivity index is 0.00000456. The molecule has 2 aromatic carbocycles. The average molecular weight is 539 g/mol. The molecule has 0 unspecified atom stereocenters. The van der Waals surface area contributed by atoms with Gasteiger partial charge in [0.25, 0.3) is 0 Å². The molecule has 0 radical (unpaired) electrons. The summed E-state index contributed by atoms with van der Waals surface area (Å²) in [5, 5.41) is 0. The number of aryl methyl sites for hydroxylation is 4. The molecule has 0 aliphatic carbocycles. The van der Waals surface area contributed by atoms with Gasteiger partial charge in [-0.3, -0.25) is 0 Å². The van der Waals surface area contributed by atoms with E-state index in [1.54, 1.807) is 0 Å². The van der Waals surface area contributed by atoms with Crippen molar-refractivity contribution in [2.24, 2.45) is 0 Å². The normalized spacial score (nSPS) is 18.7. The van der Waals surface area contributed by atoms with Gasteiger partial charge in [0.05, 0.1) is 0 Å². The molecule has 0 saturated heterocycles. The monoisotopic (exact) mass is 538 g/mol. The second-order valence-corrected chi connectivity index (χ2v) is 11.4. The van der Waals surface area contributed by atoms with Gasteiger partial charge in [-0.05, 0) is 73.6 Å². The van der Waals surface area contributed by atoms with Crippen LogP contribution in [0.15, 0.2) is 24.3 Å². The van der Waals surface area contributed by atoms with Crippen LogP contribution >= 0.6 is 7.82 Å². The van der Waals surface area contributed by atoms with Crippen LogP contribution in [-0.2, 0) is 30.2 Å². The fourth-order valence-corrected chi connectivity index (χ4v) is 5.93. The fourth-order valence-electron chi connectivity index (χ4n) is 5.00. The number of fused-ring (bicyclic) bond motifs is 2. The van der Waals surface area contributed by atoms with Gasteiger partial charge in [0.15, 0.2) is 0 Å². The number of benzene rings is 2. The molecule has 0 atom stereocenters. The minimum atomic E-state index is -4.59. The zero-order valence-electron chi connectivity index (χ0n) is 23.5. The largest absolute Gasteiger partial charge is 1.00 e. The number of unbranched alkanes of at least 4 members (excludes halogenated alkanes) is 4. The van der Waals surface area contributed by atoms with Crippen molar-refractivity contribution in [3.05, 3.63) is 57.6 Å². The molecule has 0 spiro atoms. The Bertz CT molecular complexity index is 959. The zero-order valence-corrected chi connectivity index (χ0v) is 27.5. The van der Waals surface area contributed by atoms with E-state index in [0.717, 1.165) is 99.3 Å². The van der Waals surface area contributed by atoms with Crippen LogP contribution in [-0.4, -0.2) is 0 Å². The van der Waals surface area contributed by atoms with Crippen molar-refractivity contribution in [1.29, 1.82) is 0 Å². The average Bonchev–Trinajstić information content (AvgIpc) is 2.83. The van der Waals surface area contributed by atoms with Crippen molar-refractivity contribution >= 4 is 7.82 Å². The number of phosphoric ester groups is 1. The van der Waals surface area contributed by atoms with Gasteiger partial charge in [0, 0.05) is 17.0 Å². The first kappa shape index (κ1) is 32.1. The third kappa shape index (κ3) is 8.43. The third-order valence-corrected chi connectivity index (χ3v) is 7.90. The maximum atomic E-state index is 13.2. The van der Waals surface area contributed by atoms with Crippen molar-refractivity contribution < 1.29 is 69.9 Å². The molecule has 1 heterocycles. The number of rotatable bonds is 12. The molecule has 0 aromatic heterocycles. The zero-order chi connectivity index (χ0) is 25.4. The van der Waals surface area contributed by atoms with Crippen molar-refractivity contribution in [3.8, 4) is 11.5 Å². The molecule has 194 valence electrons. The van der Waals surface area contributed by atoms with E-state index in [9.17, 15) is 9.46 Å². The Labute approximate surface area is 262 Å². The van der Waals surface area contributed by atoms with Crippen molar-refractivity contribution in [3.63, 3.8) is 0 Å². The first-order chi connectivity index (χ1) is 16.8. The summed E-state index contributed by atoms with van der Waals surface area (Å²) in [6.45, 7) is 10.9. The Morgan fingerprint density at radius 3 is 1.42 bits per heavy atom. The first-order valence-electron chi connectivity index (χ1n) is 13.8. The van der Waals surface area contributed by atoms with E-state index < -0.39 is 7.82 Å². The van der Waals surface area contributed by atoms with E-state index in [4.69, 9.17) is 9.05 Å². The molecule has 36 heavy (non-hydrogen) atoms. The van der Waals surface area contributed by atoms with E-state index >= 15 is 0 Å². The predicted molar refractivity (Wildman–Crippen MR) is 144 cm³/mol. The van der Waals surface area contributed by atoms with Crippen LogP contribution in [0.1, 0.15) is 125 Å². The molecule has 2 aromatic rings. The summed E-state index contributed by atoms with van der Waals surface area (Å²) in [7, 11) is -4.59. The van der Waals surface area contributed by atoms with E-state index in [1.165, 1.54) is 11.1 Å². The molecular weight excluding hydrogens is 494 g/mol. The second kappa shape index (κ2) is 15.5. The van der Waals surface area contributed by atoms with Crippen LogP contribution in [0.4, 0.5) is 0 Å². The summed E-state index contributed by atoms with van der Waals surface area (Å²) in [6, 6.07) is 8.68. The summed E-state index contributed by atoms with van der Waals surface area (Å²) < 4.78 is 24.7. The molecule has 0 saturated carbocycles. The second-order valence-electron chi connectivity index (χ2n) is 10.1. The predicted octanol–water partition coefficient (Wildman–Crippen LogP) is 5.45. The summed E-state index contributed by atoms with van der Waals surface area (Å²) in [4.78, 5) is 13.2. The molecule has 0 bridgehead atoms. The van der Waals surface area contributed by atoms with E-state index in [2.05, 4.69) is 58.9 Å². The van der Waals surface area contributed by atoms with Crippen LogP contribution in [0, 0.1) is 0 Å². The van der Waals surface area contributed by atoms with Crippen LogP contribution in [0.2, 0.25) is 0 Å². The molecule has 4 nitrogen and oxygen atoms in total. The van der Waals surface area contributed by atoms with Crippen molar-refractivity contribution in [1.82, 2.24) is 0 Å².